The Labute approximate surface area is 155 Å². The van der Waals surface area contributed by atoms with Gasteiger partial charge in [-0.3, -0.25) is 9.59 Å². The topological polar surface area (TPSA) is 84.5 Å². The van der Waals surface area contributed by atoms with Gasteiger partial charge in [-0.1, -0.05) is 35.9 Å². The summed E-state index contributed by atoms with van der Waals surface area (Å²) >= 11 is 6.02. The van der Waals surface area contributed by atoms with Crippen LogP contribution < -0.4 is 10.6 Å². The van der Waals surface area contributed by atoms with Gasteiger partial charge in [-0.25, -0.2) is 4.79 Å². The molecule has 2 N–H and O–H groups in total. The van der Waals surface area contributed by atoms with E-state index in [1.54, 1.807) is 48.5 Å². The zero-order valence-electron chi connectivity index (χ0n) is 14.0. The monoisotopic (exact) mass is 372 g/mol. The number of halogens is 1. The number of nitrogens with one attached hydrogen (secondary N) is 2. The third kappa shape index (κ3) is 3.86. The van der Waals surface area contributed by atoms with Crippen LogP contribution in [0.4, 0.5) is 11.4 Å². The van der Waals surface area contributed by atoms with Crippen molar-refractivity contribution in [1.82, 2.24) is 0 Å². The van der Waals surface area contributed by atoms with E-state index in [0.29, 0.717) is 22.8 Å². The molecule has 1 aliphatic rings. The number of hydrogen-bond donors (Lipinski definition) is 2. The molecule has 2 aromatic rings. The predicted octanol–water partition coefficient (Wildman–Crippen LogP) is 3.34. The number of esters is 1. The summed E-state index contributed by atoms with van der Waals surface area (Å²) in [7, 11) is 1.27. The number of hydrogen-bond acceptors (Lipinski definition) is 4. The molecule has 1 aliphatic carbocycles. The lowest BCUT2D eigenvalue weighted by Crippen LogP contribution is -2.21. The number of para-hydroxylation sites is 2. The minimum absolute atomic E-state index is 0.250. The Morgan fingerprint density at radius 1 is 0.923 bits per heavy atom. The molecule has 1 fully saturated rings. The largest absolute Gasteiger partial charge is 0.465 e. The Bertz CT molecular complexity index is 868. The van der Waals surface area contributed by atoms with E-state index in [2.05, 4.69) is 10.6 Å². The first kappa shape index (κ1) is 17.9. The van der Waals surface area contributed by atoms with Crippen molar-refractivity contribution in [2.45, 2.75) is 6.42 Å². The van der Waals surface area contributed by atoms with Crippen LogP contribution in [-0.2, 0) is 14.3 Å². The normalized spacial score (nSPS) is 17.9. The molecule has 0 aliphatic heterocycles. The van der Waals surface area contributed by atoms with Crippen LogP contribution in [-0.4, -0.2) is 24.9 Å². The Morgan fingerprint density at radius 3 is 2.08 bits per heavy atom. The lowest BCUT2D eigenvalue weighted by molar-refractivity contribution is -0.122. The van der Waals surface area contributed by atoms with Gasteiger partial charge in [-0.05, 0) is 30.7 Å². The molecule has 0 heterocycles. The predicted molar refractivity (Wildman–Crippen MR) is 98.1 cm³/mol. The summed E-state index contributed by atoms with van der Waals surface area (Å²) < 4.78 is 4.70. The van der Waals surface area contributed by atoms with E-state index in [1.807, 2.05) is 0 Å². The number of methoxy groups -OCH3 is 1. The highest BCUT2D eigenvalue weighted by atomic mass is 35.5. The fourth-order valence-electron chi connectivity index (χ4n) is 2.67. The van der Waals surface area contributed by atoms with Gasteiger partial charge in [0, 0.05) is 0 Å². The van der Waals surface area contributed by atoms with Gasteiger partial charge in [0.2, 0.25) is 11.8 Å². The lowest BCUT2D eigenvalue weighted by atomic mass is 10.1. The van der Waals surface area contributed by atoms with Crippen LogP contribution in [0.25, 0.3) is 0 Å². The van der Waals surface area contributed by atoms with E-state index < -0.39 is 17.8 Å². The summed E-state index contributed by atoms with van der Waals surface area (Å²) in [6, 6.07) is 13.5. The molecule has 26 heavy (non-hydrogen) atoms. The maximum absolute atomic E-state index is 12.4. The fraction of sp³-hybridized carbons (Fsp3) is 0.211. The number of carbonyl (C=O) groups is 3. The molecule has 0 spiro atoms. The van der Waals surface area contributed by atoms with Crippen molar-refractivity contribution in [1.29, 1.82) is 0 Å². The first-order chi connectivity index (χ1) is 12.5. The van der Waals surface area contributed by atoms with Crippen LogP contribution in [0.5, 0.6) is 0 Å². The Kier molecular flexibility index (Phi) is 5.23. The third-order valence-electron chi connectivity index (χ3n) is 4.19. The standard InChI is InChI=1S/C19H17ClN2O4/c1-26-19(25)11-6-2-4-8-15(11)21-17(23)12-10-13(12)18(24)22-16-9-5-3-7-14(16)20/h2-9,12-13H,10H2,1H3,(H,21,23)(H,22,24). The molecule has 0 aromatic heterocycles. The summed E-state index contributed by atoms with van der Waals surface area (Å²) in [5.74, 6) is -1.95. The number of benzene rings is 2. The molecule has 3 rings (SSSR count). The molecular formula is C19H17ClN2O4. The van der Waals surface area contributed by atoms with Gasteiger partial charge in [-0.2, -0.15) is 0 Å². The molecule has 0 radical (unpaired) electrons. The molecule has 1 saturated carbocycles. The molecule has 134 valence electrons. The Balaban J connectivity index is 1.62. The number of carbonyl (C=O) groups excluding carboxylic acids is 3. The average Bonchev–Trinajstić information content (AvgIpc) is 3.44. The van der Waals surface area contributed by atoms with Gasteiger partial charge in [0.1, 0.15) is 0 Å². The van der Waals surface area contributed by atoms with Crippen LogP contribution in [0.3, 0.4) is 0 Å². The second kappa shape index (κ2) is 7.58. The molecule has 2 aromatic carbocycles. The molecule has 2 atom stereocenters. The minimum Gasteiger partial charge on any atom is -0.465 e. The van der Waals surface area contributed by atoms with Crippen molar-refractivity contribution in [2.75, 3.05) is 17.7 Å². The smallest absolute Gasteiger partial charge is 0.339 e. The molecule has 2 unspecified atom stereocenters. The van der Waals surface area contributed by atoms with Gasteiger partial charge in [0.25, 0.3) is 0 Å². The van der Waals surface area contributed by atoms with Crippen LogP contribution in [0.1, 0.15) is 16.8 Å². The zero-order valence-corrected chi connectivity index (χ0v) is 14.7. The van der Waals surface area contributed by atoms with E-state index in [-0.39, 0.29) is 17.4 Å². The van der Waals surface area contributed by atoms with E-state index >= 15 is 0 Å². The van der Waals surface area contributed by atoms with Crippen molar-refractivity contribution in [3.63, 3.8) is 0 Å². The second-order valence-corrected chi connectivity index (χ2v) is 6.35. The summed E-state index contributed by atoms with van der Waals surface area (Å²) in [5, 5.41) is 5.88. The summed E-state index contributed by atoms with van der Waals surface area (Å²) in [6.45, 7) is 0. The molecule has 0 bridgehead atoms. The SMILES string of the molecule is COC(=O)c1ccccc1NC(=O)C1CC1C(=O)Nc1ccccc1Cl. The lowest BCUT2D eigenvalue weighted by Gasteiger charge is -2.10. The number of rotatable bonds is 5. The maximum Gasteiger partial charge on any atom is 0.339 e. The molecule has 0 saturated heterocycles. The number of ether oxygens (including phenoxy) is 1. The average molecular weight is 373 g/mol. The van der Waals surface area contributed by atoms with Gasteiger partial charge in [0.15, 0.2) is 0 Å². The highest BCUT2D eigenvalue weighted by Gasteiger charge is 2.48. The van der Waals surface area contributed by atoms with Crippen molar-refractivity contribution in [3.8, 4) is 0 Å². The quantitative estimate of drug-likeness (QED) is 0.788. The van der Waals surface area contributed by atoms with Crippen LogP contribution in [0, 0.1) is 11.8 Å². The molecule has 2 amide bonds. The Morgan fingerprint density at radius 2 is 1.46 bits per heavy atom. The first-order valence-corrected chi connectivity index (χ1v) is 8.42. The van der Waals surface area contributed by atoms with Crippen molar-refractivity contribution < 1.29 is 19.1 Å². The fourth-order valence-corrected chi connectivity index (χ4v) is 2.85. The van der Waals surface area contributed by atoms with Crippen LogP contribution in [0.15, 0.2) is 48.5 Å². The van der Waals surface area contributed by atoms with Crippen molar-refractivity contribution >= 4 is 40.8 Å². The molecule has 6 nitrogen and oxygen atoms in total. The van der Waals surface area contributed by atoms with Crippen molar-refractivity contribution in [2.24, 2.45) is 11.8 Å². The maximum atomic E-state index is 12.4. The number of amides is 2. The second-order valence-electron chi connectivity index (χ2n) is 5.94. The first-order valence-electron chi connectivity index (χ1n) is 8.05. The third-order valence-corrected chi connectivity index (χ3v) is 4.52. The van der Waals surface area contributed by atoms with E-state index in [1.165, 1.54) is 7.11 Å². The zero-order chi connectivity index (χ0) is 18.7. The van der Waals surface area contributed by atoms with Gasteiger partial charge >= 0.3 is 5.97 Å². The van der Waals surface area contributed by atoms with E-state index in [9.17, 15) is 14.4 Å². The van der Waals surface area contributed by atoms with Gasteiger partial charge in [0.05, 0.1) is 40.9 Å². The highest BCUT2D eigenvalue weighted by molar-refractivity contribution is 6.33. The van der Waals surface area contributed by atoms with Gasteiger partial charge < -0.3 is 15.4 Å². The Hall–Kier alpha value is -2.86. The minimum atomic E-state index is -0.537. The van der Waals surface area contributed by atoms with Gasteiger partial charge in [-0.15, -0.1) is 0 Å². The van der Waals surface area contributed by atoms with E-state index in [4.69, 9.17) is 16.3 Å². The molecule has 7 heteroatoms. The molecular weight excluding hydrogens is 356 g/mol. The summed E-state index contributed by atoms with van der Waals surface area (Å²) in [4.78, 5) is 36.5. The summed E-state index contributed by atoms with van der Waals surface area (Å²) in [5.41, 5.74) is 1.14. The van der Waals surface area contributed by atoms with Crippen LogP contribution >= 0.6 is 11.6 Å². The van der Waals surface area contributed by atoms with Crippen LogP contribution in [0.2, 0.25) is 5.02 Å². The van der Waals surface area contributed by atoms with Crippen molar-refractivity contribution in [3.05, 3.63) is 59.1 Å². The van der Waals surface area contributed by atoms with E-state index in [0.717, 1.165) is 0 Å². The highest BCUT2D eigenvalue weighted by Crippen LogP contribution is 2.40. The number of anilines is 2. The summed E-state index contributed by atoms with van der Waals surface area (Å²) in [6.07, 6.45) is 0.447.